The largest absolute Gasteiger partial charge is 0.313 e. The van der Waals surface area contributed by atoms with Gasteiger partial charge < -0.3 is 4.57 Å². The van der Waals surface area contributed by atoms with Crippen LogP contribution in [0.5, 0.6) is 0 Å². The topological polar surface area (TPSA) is 30.7 Å². The monoisotopic (exact) mass is 397 g/mol. The second-order valence-electron chi connectivity index (χ2n) is 6.12. The summed E-state index contributed by atoms with van der Waals surface area (Å²) in [6.45, 7) is 0. The van der Waals surface area contributed by atoms with Crippen molar-refractivity contribution >= 4 is 35.6 Å². The van der Waals surface area contributed by atoms with E-state index in [1.165, 1.54) is 12.1 Å². The summed E-state index contributed by atoms with van der Waals surface area (Å²) in [5.74, 6) is 1.30. The molecule has 7 heteroatoms. The van der Waals surface area contributed by atoms with Gasteiger partial charge >= 0.3 is 0 Å². The summed E-state index contributed by atoms with van der Waals surface area (Å²) in [5.41, 5.74) is 1.61. The molecule has 1 aliphatic rings. The fourth-order valence-corrected chi connectivity index (χ4v) is 3.56. The number of rotatable bonds is 3. The number of hydrogen-bond acceptors (Lipinski definition) is 2. The van der Waals surface area contributed by atoms with Crippen LogP contribution >= 0.6 is 35.6 Å². The molecule has 25 heavy (non-hydrogen) atoms. The van der Waals surface area contributed by atoms with Crippen LogP contribution in [-0.4, -0.2) is 14.8 Å². The molecular weight excluding hydrogens is 384 g/mol. The highest BCUT2D eigenvalue weighted by Gasteiger charge is 2.50. The highest BCUT2D eigenvalue weighted by molar-refractivity contribution is 6.35. The normalized spacial score (nSPS) is 14.9. The minimum absolute atomic E-state index is 0. The van der Waals surface area contributed by atoms with Gasteiger partial charge in [0.1, 0.15) is 11.6 Å². The quantitative estimate of drug-likeness (QED) is 0.589. The van der Waals surface area contributed by atoms with Crippen molar-refractivity contribution in [1.29, 1.82) is 0 Å². The van der Waals surface area contributed by atoms with Gasteiger partial charge in [-0.05, 0) is 48.7 Å². The third-order valence-electron chi connectivity index (χ3n) is 4.62. The van der Waals surface area contributed by atoms with Crippen LogP contribution in [0, 0.1) is 5.82 Å². The summed E-state index contributed by atoms with van der Waals surface area (Å²) in [4.78, 5) is 0. The van der Waals surface area contributed by atoms with Gasteiger partial charge in [-0.3, -0.25) is 0 Å². The minimum atomic E-state index is -0.237. The maximum Gasteiger partial charge on any atom is 0.165 e. The van der Waals surface area contributed by atoms with Gasteiger partial charge in [0.25, 0.3) is 0 Å². The van der Waals surface area contributed by atoms with E-state index in [4.69, 9.17) is 23.2 Å². The lowest BCUT2D eigenvalue weighted by atomic mass is 9.95. The minimum Gasteiger partial charge on any atom is -0.313 e. The summed E-state index contributed by atoms with van der Waals surface area (Å²) >= 11 is 12.4. The van der Waals surface area contributed by atoms with Crippen LogP contribution in [-0.2, 0) is 12.5 Å². The second kappa shape index (κ2) is 6.60. The van der Waals surface area contributed by atoms with Crippen molar-refractivity contribution in [3.63, 3.8) is 0 Å². The maximum atomic E-state index is 13.2. The third-order valence-corrected chi connectivity index (χ3v) is 5.18. The Morgan fingerprint density at radius 3 is 2.36 bits per heavy atom. The van der Waals surface area contributed by atoms with E-state index in [9.17, 15) is 4.39 Å². The van der Waals surface area contributed by atoms with Crippen molar-refractivity contribution in [3.05, 3.63) is 69.7 Å². The molecule has 1 fully saturated rings. The molecule has 0 spiro atoms. The van der Waals surface area contributed by atoms with E-state index >= 15 is 0 Å². The average Bonchev–Trinajstić information content (AvgIpc) is 3.28. The summed E-state index contributed by atoms with van der Waals surface area (Å²) in [7, 11) is 1.92. The highest BCUT2D eigenvalue weighted by Crippen LogP contribution is 2.53. The standard InChI is InChI=1S/C18H14Cl2FN3.ClH/c1-24-16(14-10-12(19)4-7-15(14)20)22-23-17(24)18(8-9-18)11-2-5-13(21)6-3-11;/h2-7,10H,8-9H2,1H3;1H. The zero-order valence-corrected chi connectivity index (χ0v) is 15.7. The van der Waals surface area contributed by atoms with Crippen LogP contribution < -0.4 is 0 Å². The van der Waals surface area contributed by atoms with Gasteiger partial charge in [-0.1, -0.05) is 35.3 Å². The molecule has 1 heterocycles. The van der Waals surface area contributed by atoms with Gasteiger partial charge in [0.05, 0.1) is 10.4 Å². The Balaban J connectivity index is 0.00000182. The Morgan fingerprint density at radius 1 is 1.04 bits per heavy atom. The Hall–Kier alpha value is -1.62. The summed E-state index contributed by atoms with van der Waals surface area (Å²) in [5, 5.41) is 9.92. The number of aromatic nitrogens is 3. The molecule has 0 aliphatic heterocycles. The van der Waals surface area contributed by atoms with E-state index in [2.05, 4.69) is 10.2 Å². The smallest absolute Gasteiger partial charge is 0.165 e. The summed E-state index contributed by atoms with van der Waals surface area (Å²) in [6, 6.07) is 11.9. The molecule has 0 unspecified atom stereocenters. The van der Waals surface area contributed by atoms with Gasteiger partial charge in [-0.25, -0.2) is 4.39 Å². The molecule has 0 amide bonds. The molecule has 0 bridgehead atoms. The Morgan fingerprint density at radius 2 is 1.72 bits per heavy atom. The Labute approximate surface area is 161 Å². The zero-order chi connectivity index (χ0) is 16.9. The highest BCUT2D eigenvalue weighted by atomic mass is 35.5. The molecular formula is C18H15Cl3FN3. The molecule has 1 aliphatic carbocycles. The van der Waals surface area contributed by atoms with Crippen LogP contribution in [0.2, 0.25) is 10.0 Å². The number of benzene rings is 2. The molecule has 3 nitrogen and oxygen atoms in total. The van der Waals surface area contributed by atoms with Gasteiger partial charge in [-0.2, -0.15) is 0 Å². The van der Waals surface area contributed by atoms with Crippen molar-refractivity contribution in [3.8, 4) is 11.4 Å². The Bertz CT molecular complexity index is 918. The lowest BCUT2D eigenvalue weighted by Gasteiger charge is -2.15. The SMILES string of the molecule is Cl.Cn1c(-c2cc(Cl)ccc2Cl)nnc1C1(c2ccc(F)cc2)CC1. The number of hydrogen-bond donors (Lipinski definition) is 0. The molecule has 130 valence electrons. The lowest BCUT2D eigenvalue weighted by molar-refractivity contribution is 0.624. The molecule has 2 aromatic carbocycles. The zero-order valence-electron chi connectivity index (χ0n) is 13.3. The van der Waals surface area contributed by atoms with Crippen LogP contribution in [0.25, 0.3) is 11.4 Å². The van der Waals surface area contributed by atoms with Gasteiger partial charge in [0, 0.05) is 17.6 Å². The van der Waals surface area contributed by atoms with Crippen LogP contribution in [0.1, 0.15) is 24.2 Å². The third kappa shape index (κ3) is 3.03. The fraction of sp³-hybridized carbons (Fsp3) is 0.222. The molecule has 0 radical (unpaired) electrons. The van der Waals surface area contributed by atoms with Gasteiger partial charge in [0.15, 0.2) is 5.82 Å². The van der Waals surface area contributed by atoms with Crippen LogP contribution in [0.4, 0.5) is 4.39 Å². The van der Waals surface area contributed by atoms with Crippen molar-refractivity contribution in [2.24, 2.45) is 7.05 Å². The second-order valence-corrected chi connectivity index (χ2v) is 6.96. The molecule has 1 aromatic heterocycles. The Kier molecular flexibility index (Phi) is 4.80. The van der Waals surface area contributed by atoms with Crippen molar-refractivity contribution < 1.29 is 4.39 Å². The van der Waals surface area contributed by atoms with Crippen LogP contribution in [0.15, 0.2) is 42.5 Å². The first-order valence-electron chi connectivity index (χ1n) is 7.63. The van der Waals surface area contributed by atoms with Crippen molar-refractivity contribution in [1.82, 2.24) is 14.8 Å². The van der Waals surface area contributed by atoms with Crippen molar-refractivity contribution in [2.45, 2.75) is 18.3 Å². The van der Waals surface area contributed by atoms with Gasteiger partial charge in [-0.15, -0.1) is 22.6 Å². The number of nitrogens with zero attached hydrogens (tertiary/aromatic N) is 3. The number of halogens is 4. The molecule has 4 rings (SSSR count). The van der Waals surface area contributed by atoms with Crippen LogP contribution in [0.3, 0.4) is 0 Å². The van der Waals surface area contributed by atoms with E-state index < -0.39 is 0 Å². The van der Waals surface area contributed by atoms with E-state index in [1.807, 2.05) is 23.7 Å². The van der Waals surface area contributed by atoms with Crippen molar-refractivity contribution in [2.75, 3.05) is 0 Å². The van der Waals surface area contributed by atoms with E-state index in [1.54, 1.807) is 18.2 Å². The van der Waals surface area contributed by atoms with Gasteiger partial charge in [0.2, 0.25) is 0 Å². The average molecular weight is 399 g/mol. The predicted octanol–water partition coefficient (Wildman–Crippen LogP) is 5.43. The summed E-state index contributed by atoms with van der Waals surface area (Å²) in [6.07, 6.45) is 1.93. The van der Waals surface area contributed by atoms with E-state index in [0.717, 1.165) is 29.8 Å². The predicted molar refractivity (Wildman–Crippen MR) is 100 cm³/mol. The van der Waals surface area contributed by atoms with E-state index in [0.29, 0.717) is 15.9 Å². The first-order chi connectivity index (χ1) is 11.5. The molecule has 0 saturated heterocycles. The first-order valence-corrected chi connectivity index (χ1v) is 8.38. The fourth-order valence-electron chi connectivity index (χ4n) is 3.18. The van der Waals surface area contributed by atoms with E-state index in [-0.39, 0.29) is 23.6 Å². The summed E-state index contributed by atoms with van der Waals surface area (Å²) < 4.78 is 15.2. The maximum absolute atomic E-state index is 13.2. The first kappa shape index (κ1) is 18.2. The molecule has 1 saturated carbocycles. The molecule has 0 atom stereocenters. The molecule has 3 aromatic rings. The molecule has 0 N–H and O–H groups in total. The lowest BCUT2D eigenvalue weighted by Crippen LogP contribution is -2.15.